The van der Waals surface area contributed by atoms with Crippen LogP contribution in [0.3, 0.4) is 0 Å². The molecular weight excluding hydrogens is 350 g/mol. The average Bonchev–Trinajstić information content (AvgIpc) is 3.14. The van der Waals surface area contributed by atoms with Crippen molar-refractivity contribution in [2.75, 3.05) is 13.1 Å². The maximum Gasteiger partial charge on any atom is 0.320 e. The third-order valence-corrected chi connectivity index (χ3v) is 5.44. The average molecular weight is 380 g/mol. The van der Waals surface area contributed by atoms with Gasteiger partial charge in [0.1, 0.15) is 11.9 Å². The lowest BCUT2D eigenvalue weighted by molar-refractivity contribution is 0.152. The van der Waals surface area contributed by atoms with Gasteiger partial charge in [0.25, 0.3) is 0 Å². The van der Waals surface area contributed by atoms with Crippen LogP contribution in [0.4, 0.5) is 0 Å². The van der Waals surface area contributed by atoms with E-state index in [4.69, 9.17) is 14.7 Å². The van der Waals surface area contributed by atoms with E-state index in [0.29, 0.717) is 17.8 Å². The van der Waals surface area contributed by atoms with Crippen LogP contribution in [0.5, 0.6) is 6.01 Å². The summed E-state index contributed by atoms with van der Waals surface area (Å²) >= 11 is 0. The van der Waals surface area contributed by atoms with Crippen LogP contribution in [-0.4, -0.2) is 38.8 Å². The molecule has 6 heteroatoms. The van der Waals surface area contributed by atoms with Gasteiger partial charge in [0.2, 0.25) is 0 Å². The number of ether oxygens (including phenoxy) is 1. The van der Waals surface area contributed by atoms with Gasteiger partial charge in [-0.25, -0.2) is 4.52 Å². The summed E-state index contributed by atoms with van der Waals surface area (Å²) in [6.45, 7) is 8.45. The minimum atomic E-state index is 0.126. The van der Waals surface area contributed by atoms with Gasteiger partial charge in [0, 0.05) is 18.5 Å². The predicted octanol–water partition coefficient (Wildman–Crippen LogP) is 3.72. The second-order valence-electron chi connectivity index (χ2n) is 8.01. The Morgan fingerprint density at radius 2 is 2.00 bits per heavy atom. The maximum absolute atomic E-state index is 6.17. The van der Waals surface area contributed by atoms with Crippen molar-refractivity contribution in [1.82, 2.24) is 24.9 Å². The van der Waals surface area contributed by atoms with Gasteiger partial charge in [-0.2, -0.15) is 15.1 Å². The molecule has 3 heterocycles. The number of hydrogen-bond donors (Lipinski definition) is 1. The van der Waals surface area contributed by atoms with Gasteiger partial charge < -0.3 is 10.1 Å². The summed E-state index contributed by atoms with van der Waals surface area (Å²) in [4.78, 5) is 9.50. The Hall–Kier alpha value is -2.47. The molecule has 1 aromatic carbocycles. The molecule has 1 saturated heterocycles. The lowest BCUT2D eigenvalue weighted by atomic mass is 9.97. The Kier molecular flexibility index (Phi) is 5.57. The van der Waals surface area contributed by atoms with Gasteiger partial charge in [0.15, 0.2) is 5.65 Å². The molecule has 0 unspecified atom stereocenters. The van der Waals surface area contributed by atoms with Crippen molar-refractivity contribution in [3.8, 4) is 6.01 Å². The minimum absolute atomic E-state index is 0.126. The van der Waals surface area contributed by atoms with E-state index in [-0.39, 0.29) is 6.10 Å². The summed E-state index contributed by atoms with van der Waals surface area (Å²) in [6.07, 6.45) is 4.97. The third-order valence-electron chi connectivity index (χ3n) is 5.44. The van der Waals surface area contributed by atoms with Crippen LogP contribution in [0.15, 0.2) is 36.5 Å². The maximum atomic E-state index is 6.17. The molecule has 0 radical (unpaired) electrons. The minimum Gasteiger partial charge on any atom is -0.459 e. The largest absolute Gasteiger partial charge is 0.459 e. The fraction of sp³-hybridized carbons (Fsp3) is 0.500. The number of piperidine rings is 1. The zero-order valence-electron chi connectivity index (χ0n) is 16.9. The van der Waals surface area contributed by atoms with Crippen molar-refractivity contribution in [2.24, 2.45) is 0 Å². The molecule has 1 aliphatic heterocycles. The number of benzene rings is 1. The smallest absolute Gasteiger partial charge is 0.320 e. The Morgan fingerprint density at radius 3 is 2.71 bits per heavy atom. The molecule has 0 amide bonds. The number of nitrogens with zero attached hydrogens (tertiary/aromatic N) is 4. The van der Waals surface area contributed by atoms with Crippen molar-refractivity contribution in [1.29, 1.82) is 0 Å². The highest BCUT2D eigenvalue weighted by Gasteiger charge is 2.21. The molecule has 0 bridgehead atoms. The molecule has 2 atom stereocenters. The van der Waals surface area contributed by atoms with E-state index in [0.717, 1.165) is 49.4 Å². The molecule has 6 nitrogen and oxygen atoms in total. The Bertz CT molecular complexity index is 915. The Labute approximate surface area is 166 Å². The van der Waals surface area contributed by atoms with E-state index in [1.807, 2.05) is 16.8 Å². The Balaban J connectivity index is 1.68. The molecule has 4 rings (SSSR count). The van der Waals surface area contributed by atoms with Gasteiger partial charge in [-0.05, 0) is 36.8 Å². The van der Waals surface area contributed by atoms with Crippen molar-refractivity contribution in [3.63, 3.8) is 0 Å². The fourth-order valence-corrected chi connectivity index (χ4v) is 3.76. The fourth-order valence-electron chi connectivity index (χ4n) is 3.76. The van der Waals surface area contributed by atoms with Crippen LogP contribution in [-0.2, 0) is 6.42 Å². The van der Waals surface area contributed by atoms with E-state index >= 15 is 0 Å². The summed E-state index contributed by atoms with van der Waals surface area (Å²) in [5.74, 6) is 1.57. The molecule has 28 heavy (non-hydrogen) atoms. The lowest BCUT2D eigenvalue weighted by Crippen LogP contribution is -2.37. The third kappa shape index (κ3) is 4.02. The molecule has 1 aliphatic rings. The molecule has 0 spiro atoms. The van der Waals surface area contributed by atoms with E-state index in [9.17, 15) is 0 Å². The number of fused-ring (bicyclic) bond motifs is 1. The molecule has 3 aromatic rings. The first-order valence-electron chi connectivity index (χ1n) is 10.3. The van der Waals surface area contributed by atoms with Crippen LogP contribution in [0.2, 0.25) is 0 Å². The molecule has 0 aliphatic carbocycles. The van der Waals surface area contributed by atoms with E-state index in [1.165, 1.54) is 5.56 Å². The van der Waals surface area contributed by atoms with Crippen LogP contribution < -0.4 is 10.1 Å². The highest BCUT2D eigenvalue weighted by molar-refractivity contribution is 5.49. The first-order valence-corrected chi connectivity index (χ1v) is 10.3. The van der Waals surface area contributed by atoms with Crippen LogP contribution in [0.1, 0.15) is 62.4 Å². The quantitative estimate of drug-likeness (QED) is 0.707. The monoisotopic (exact) mass is 379 g/mol. The lowest BCUT2D eigenvalue weighted by Gasteiger charge is -2.23. The van der Waals surface area contributed by atoms with Gasteiger partial charge in [-0.15, -0.1) is 0 Å². The van der Waals surface area contributed by atoms with E-state index < -0.39 is 0 Å². The highest BCUT2D eigenvalue weighted by atomic mass is 16.5. The summed E-state index contributed by atoms with van der Waals surface area (Å²) < 4.78 is 8.06. The molecule has 1 fully saturated rings. The Morgan fingerprint density at radius 1 is 1.18 bits per heavy atom. The summed E-state index contributed by atoms with van der Waals surface area (Å²) in [5, 5.41) is 7.99. The standard InChI is InChI=1S/C22H29N5O/c1-15(2)19-14-24-27-20(12-16(3)17-8-5-4-6-9-17)25-22(26-21(19)27)28-18-10-7-11-23-13-18/h4-6,8-9,14-16,18,23H,7,10-13H2,1-3H3/t16-,18-/m1/s1. The number of hydrogen-bond acceptors (Lipinski definition) is 5. The van der Waals surface area contributed by atoms with Crippen LogP contribution >= 0.6 is 0 Å². The highest BCUT2D eigenvalue weighted by Crippen LogP contribution is 2.25. The molecule has 0 saturated carbocycles. The zero-order valence-corrected chi connectivity index (χ0v) is 16.9. The summed E-state index contributed by atoms with van der Waals surface area (Å²) in [5.41, 5.74) is 3.28. The van der Waals surface area contributed by atoms with Crippen molar-refractivity contribution < 1.29 is 4.74 Å². The van der Waals surface area contributed by atoms with Gasteiger partial charge in [-0.1, -0.05) is 51.1 Å². The second-order valence-corrected chi connectivity index (χ2v) is 8.01. The van der Waals surface area contributed by atoms with E-state index in [1.54, 1.807) is 0 Å². The van der Waals surface area contributed by atoms with Crippen LogP contribution in [0, 0.1) is 0 Å². The first-order chi connectivity index (χ1) is 13.6. The SMILES string of the molecule is CC(C)c1cnn2c(C[C@@H](C)c3ccccc3)nc(O[C@@H]3CCCNC3)nc12. The molecular formula is C22H29N5O. The van der Waals surface area contributed by atoms with Gasteiger partial charge in [0.05, 0.1) is 6.20 Å². The molecule has 148 valence electrons. The number of nitrogens with one attached hydrogen (secondary N) is 1. The van der Waals surface area contributed by atoms with Crippen LogP contribution in [0.25, 0.3) is 5.65 Å². The summed E-state index contributed by atoms with van der Waals surface area (Å²) in [7, 11) is 0. The molecule has 2 aromatic heterocycles. The van der Waals surface area contributed by atoms with Crippen molar-refractivity contribution >= 4 is 5.65 Å². The topological polar surface area (TPSA) is 64.3 Å². The normalized spacial score (nSPS) is 18.5. The predicted molar refractivity (Wildman–Crippen MR) is 110 cm³/mol. The van der Waals surface area contributed by atoms with Gasteiger partial charge in [-0.3, -0.25) is 0 Å². The first kappa shape index (κ1) is 18.9. The van der Waals surface area contributed by atoms with Crippen molar-refractivity contribution in [3.05, 3.63) is 53.5 Å². The number of aromatic nitrogens is 4. The zero-order chi connectivity index (χ0) is 19.5. The number of rotatable bonds is 6. The second kappa shape index (κ2) is 8.27. The molecule has 1 N–H and O–H groups in total. The van der Waals surface area contributed by atoms with Crippen molar-refractivity contribution in [2.45, 2.75) is 58.0 Å². The van der Waals surface area contributed by atoms with E-state index in [2.05, 4.69) is 55.5 Å². The summed E-state index contributed by atoms with van der Waals surface area (Å²) in [6, 6.07) is 11.0. The van der Waals surface area contributed by atoms with Gasteiger partial charge >= 0.3 is 6.01 Å².